The van der Waals surface area contributed by atoms with Crippen LogP contribution in [-0.2, 0) is 6.54 Å². The summed E-state index contributed by atoms with van der Waals surface area (Å²) in [5.41, 5.74) is 0. The fourth-order valence-corrected chi connectivity index (χ4v) is 1.89. The van der Waals surface area contributed by atoms with Crippen LogP contribution in [0.15, 0.2) is 24.8 Å². The van der Waals surface area contributed by atoms with Crippen molar-refractivity contribution >= 4 is 0 Å². The second-order valence-corrected chi connectivity index (χ2v) is 4.01. The molecule has 0 fully saturated rings. The van der Waals surface area contributed by atoms with Crippen molar-refractivity contribution in [2.24, 2.45) is 5.92 Å². The van der Waals surface area contributed by atoms with E-state index in [0.29, 0.717) is 0 Å². The summed E-state index contributed by atoms with van der Waals surface area (Å²) in [5, 5.41) is 7.53. The van der Waals surface area contributed by atoms with Gasteiger partial charge in [-0.25, -0.2) is 4.98 Å². The molecule has 4 heteroatoms. The number of aromatic nitrogens is 3. The zero-order chi connectivity index (χ0) is 10.3. The SMILES string of the molecule is C1=CCC(CNCCn2cncn2)CC1. The van der Waals surface area contributed by atoms with Crippen molar-refractivity contribution in [1.29, 1.82) is 0 Å². The summed E-state index contributed by atoms with van der Waals surface area (Å²) in [4.78, 5) is 3.91. The topological polar surface area (TPSA) is 42.7 Å². The first-order valence-corrected chi connectivity index (χ1v) is 5.63. The van der Waals surface area contributed by atoms with Crippen LogP contribution in [0.1, 0.15) is 19.3 Å². The summed E-state index contributed by atoms with van der Waals surface area (Å²) in [6.45, 7) is 3.01. The molecule has 0 spiro atoms. The monoisotopic (exact) mass is 206 g/mol. The lowest BCUT2D eigenvalue weighted by molar-refractivity contribution is 0.429. The van der Waals surface area contributed by atoms with Gasteiger partial charge >= 0.3 is 0 Å². The first kappa shape index (κ1) is 10.4. The van der Waals surface area contributed by atoms with Gasteiger partial charge in [0.1, 0.15) is 12.7 Å². The lowest BCUT2D eigenvalue weighted by Crippen LogP contribution is -2.26. The second kappa shape index (κ2) is 5.66. The van der Waals surface area contributed by atoms with Gasteiger partial charge in [0.05, 0.1) is 6.54 Å². The number of nitrogens with one attached hydrogen (secondary N) is 1. The Morgan fingerprint density at radius 3 is 3.13 bits per heavy atom. The maximum Gasteiger partial charge on any atom is 0.137 e. The Hall–Kier alpha value is -1.16. The van der Waals surface area contributed by atoms with Crippen molar-refractivity contribution in [1.82, 2.24) is 20.1 Å². The number of nitrogens with zero attached hydrogens (tertiary/aromatic N) is 3. The average Bonchev–Trinajstić information content (AvgIpc) is 2.79. The van der Waals surface area contributed by atoms with Gasteiger partial charge < -0.3 is 5.32 Å². The van der Waals surface area contributed by atoms with Crippen molar-refractivity contribution in [3.8, 4) is 0 Å². The van der Waals surface area contributed by atoms with E-state index in [9.17, 15) is 0 Å². The van der Waals surface area contributed by atoms with Gasteiger partial charge in [0, 0.05) is 6.54 Å². The Balaban J connectivity index is 1.57. The molecular weight excluding hydrogens is 188 g/mol. The van der Waals surface area contributed by atoms with Gasteiger partial charge in [-0.1, -0.05) is 12.2 Å². The molecule has 0 aromatic carbocycles. The summed E-state index contributed by atoms with van der Waals surface area (Å²) >= 11 is 0. The first-order valence-electron chi connectivity index (χ1n) is 5.63. The largest absolute Gasteiger partial charge is 0.315 e. The van der Waals surface area contributed by atoms with Crippen LogP contribution < -0.4 is 5.32 Å². The molecule has 1 atom stereocenters. The van der Waals surface area contributed by atoms with E-state index in [1.54, 1.807) is 12.7 Å². The normalized spacial score (nSPS) is 20.7. The highest BCUT2D eigenvalue weighted by atomic mass is 15.3. The molecule has 4 nitrogen and oxygen atoms in total. The fourth-order valence-electron chi connectivity index (χ4n) is 1.89. The summed E-state index contributed by atoms with van der Waals surface area (Å²) in [5.74, 6) is 0.825. The Labute approximate surface area is 90.4 Å². The minimum absolute atomic E-state index is 0.825. The third kappa shape index (κ3) is 3.47. The van der Waals surface area contributed by atoms with E-state index in [1.807, 2.05) is 4.68 Å². The van der Waals surface area contributed by atoms with E-state index in [-0.39, 0.29) is 0 Å². The third-order valence-corrected chi connectivity index (χ3v) is 2.79. The van der Waals surface area contributed by atoms with Gasteiger partial charge in [0.15, 0.2) is 0 Å². The number of rotatable bonds is 5. The molecule has 0 aliphatic heterocycles. The highest BCUT2D eigenvalue weighted by Crippen LogP contribution is 2.16. The highest BCUT2D eigenvalue weighted by molar-refractivity contribution is 4.90. The molecule has 0 radical (unpaired) electrons. The quantitative estimate of drug-likeness (QED) is 0.582. The van der Waals surface area contributed by atoms with Crippen LogP contribution in [0.5, 0.6) is 0 Å². The molecule has 0 bridgehead atoms. The average molecular weight is 206 g/mol. The maximum atomic E-state index is 4.05. The molecule has 15 heavy (non-hydrogen) atoms. The highest BCUT2D eigenvalue weighted by Gasteiger charge is 2.08. The predicted octanol–water partition coefficient (Wildman–Crippen LogP) is 1.22. The Morgan fingerprint density at radius 1 is 1.40 bits per heavy atom. The zero-order valence-electron chi connectivity index (χ0n) is 8.97. The molecule has 1 aromatic heterocycles. The van der Waals surface area contributed by atoms with E-state index >= 15 is 0 Å². The number of hydrogen-bond donors (Lipinski definition) is 1. The summed E-state index contributed by atoms with van der Waals surface area (Å²) in [7, 11) is 0. The van der Waals surface area contributed by atoms with Crippen LogP contribution in [0.25, 0.3) is 0 Å². The standard InChI is InChI=1S/C11H18N4/c1-2-4-11(5-3-1)8-12-6-7-15-10-13-9-14-15/h1-2,9-12H,3-8H2. The van der Waals surface area contributed by atoms with Crippen LogP contribution in [0.2, 0.25) is 0 Å². The molecule has 1 aromatic rings. The van der Waals surface area contributed by atoms with Crippen molar-refractivity contribution in [3.63, 3.8) is 0 Å². The molecule has 0 saturated carbocycles. The molecule has 1 aliphatic rings. The van der Waals surface area contributed by atoms with Crippen LogP contribution in [0.4, 0.5) is 0 Å². The summed E-state index contributed by atoms with van der Waals surface area (Å²) in [6.07, 6.45) is 11.7. The molecule has 2 rings (SSSR count). The van der Waals surface area contributed by atoms with E-state index in [0.717, 1.165) is 25.6 Å². The molecular formula is C11H18N4. The number of allylic oxidation sites excluding steroid dienone is 2. The first-order chi connectivity index (χ1) is 7.45. The lowest BCUT2D eigenvalue weighted by Gasteiger charge is -2.17. The van der Waals surface area contributed by atoms with Crippen LogP contribution in [-0.4, -0.2) is 27.9 Å². The van der Waals surface area contributed by atoms with E-state index < -0.39 is 0 Å². The molecule has 1 N–H and O–H groups in total. The van der Waals surface area contributed by atoms with Gasteiger partial charge in [-0.3, -0.25) is 4.68 Å². The van der Waals surface area contributed by atoms with Crippen molar-refractivity contribution < 1.29 is 0 Å². The van der Waals surface area contributed by atoms with Crippen LogP contribution >= 0.6 is 0 Å². The van der Waals surface area contributed by atoms with Gasteiger partial charge in [0.25, 0.3) is 0 Å². The Morgan fingerprint density at radius 2 is 2.40 bits per heavy atom. The van der Waals surface area contributed by atoms with Crippen molar-refractivity contribution in [2.75, 3.05) is 13.1 Å². The summed E-state index contributed by atoms with van der Waals surface area (Å²) < 4.78 is 1.85. The third-order valence-electron chi connectivity index (χ3n) is 2.79. The van der Waals surface area contributed by atoms with Crippen LogP contribution in [0, 0.1) is 5.92 Å². The van der Waals surface area contributed by atoms with Gasteiger partial charge in [0.2, 0.25) is 0 Å². The van der Waals surface area contributed by atoms with Gasteiger partial charge in [-0.05, 0) is 31.7 Å². The molecule has 0 saturated heterocycles. The molecule has 82 valence electrons. The number of hydrogen-bond acceptors (Lipinski definition) is 3. The Kier molecular flexibility index (Phi) is 3.91. The van der Waals surface area contributed by atoms with Crippen molar-refractivity contribution in [2.45, 2.75) is 25.8 Å². The summed E-state index contributed by atoms with van der Waals surface area (Å²) in [6, 6.07) is 0. The van der Waals surface area contributed by atoms with E-state index in [4.69, 9.17) is 0 Å². The Bertz CT molecular complexity index is 292. The zero-order valence-corrected chi connectivity index (χ0v) is 8.97. The van der Waals surface area contributed by atoms with Gasteiger partial charge in [-0.15, -0.1) is 0 Å². The van der Waals surface area contributed by atoms with Crippen molar-refractivity contribution in [3.05, 3.63) is 24.8 Å². The lowest BCUT2D eigenvalue weighted by atomic mass is 9.94. The minimum Gasteiger partial charge on any atom is -0.315 e. The van der Waals surface area contributed by atoms with E-state index in [1.165, 1.54) is 19.3 Å². The van der Waals surface area contributed by atoms with Crippen LogP contribution in [0.3, 0.4) is 0 Å². The van der Waals surface area contributed by atoms with E-state index in [2.05, 4.69) is 27.6 Å². The molecule has 1 aliphatic carbocycles. The predicted molar refractivity (Wildman–Crippen MR) is 59.4 cm³/mol. The molecule has 0 amide bonds. The fraction of sp³-hybridized carbons (Fsp3) is 0.636. The maximum absolute atomic E-state index is 4.05. The smallest absolute Gasteiger partial charge is 0.137 e. The van der Waals surface area contributed by atoms with Gasteiger partial charge in [-0.2, -0.15) is 5.10 Å². The molecule has 1 unspecified atom stereocenters. The second-order valence-electron chi connectivity index (χ2n) is 4.01. The molecule has 1 heterocycles. The minimum atomic E-state index is 0.825.